The summed E-state index contributed by atoms with van der Waals surface area (Å²) in [7, 11) is 3.96. The Kier molecular flexibility index (Phi) is 5.15. The first kappa shape index (κ1) is 20.9. The van der Waals surface area contributed by atoms with Crippen molar-refractivity contribution in [1.82, 2.24) is 14.5 Å². The number of pyridine rings is 2. The Morgan fingerprint density at radius 1 is 0.657 bits per heavy atom. The highest BCUT2D eigenvalue weighted by atomic mass is 16.5. The van der Waals surface area contributed by atoms with Gasteiger partial charge in [0.1, 0.15) is 11.6 Å². The standard InChI is InChI=1S/C30H24N4O/c1-33(2)27-13-8-18-32-30(27)35-23-10-7-9-21(19-23)22-15-16-25-24-11-3-4-12-26(24)34(28(25)20-22)29-14-5-6-17-31-29/h3-20H,1-2H3. The van der Waals surface area contributed by atoms with Crippen molar-refractivity contribution in [3.63, 3.8) is 0 Å². The number of nitrogens with zero attached hydrogens (tertiary/aromatic N) is 4. The summed E-state index contributed by atoms with van der Waals surface area (Å²) >= 11 is 0. The summed E-state index contributed by atoms with van der Waals surface area (Å²) in [6.45, 7) is 0. The van der Waals surface area contributed by atoms with Crippen LogP contribution < -0.4 is 9.64 Å². The third kappa shape index (κ3) is 3.77. The third-order valence-corrected chi connectivity index (χ3v) is 6.17. The molecule has 3 aromatic heterocycles. The molecule has 0 aliphatic rings. The molecule has 3 heterocycles. The Hall–Kier alpha value is -4.64. The quantitative estimate of drug-likeness (QED) is 0.277. The molecule has 5 nitrogen and oxygen atoms in total. The number of anilines is 1. The largest absolute Gasteiger partial charge is 0.437 e. The zero-order valence-corrected chi connectivity index (χ0v) is 19.6. The third-order valence-electron chi connectivity index (χ3n) is 6.17. The molecule has 0 N–H and O–H groups in total. The lowest BCUT2D eigenvalue weighted by Crippen LogP contribution is -2.10. The average Bonchev–Trinajstić information content (AvgIpc) is 3.23. The molecule has 0 bridgehead atoms. The van der Waals surface area contributed by atoms with Crippen molar-refractivity contribution in [3.05, 3.63) is 109 Å². The van der Waals surface area contributed by atoms with E-state index in [-0.39, 0.29) is 0 Å². The van der Waals surface area contributed by atoms with E-state index in [1.54, 1.807) is 6.20 Å². The second-order valence-corrected chi connectivity index (χ2v) is 8.62. The van der Waals surface area contributed by atoms with Gasteiger partial charge in [0.05, 0.1) is 16.7 Å². The SMILES string of the molecule is CN(C)c1cccnc1Oc1cccc(-c2ccc3c4ccccc4n(-c4ccccn4)c3c2)c1. The van der Waals surface area contributed by atoms with Crippen molar-refractivity contribution in [2.75, 3.05) is 19.0 Å². The molecule has 0 saturated heterocycles. The zero-order chi connectivity index (χ0) is 23.8. The van der Waals surface area contributed by atoms with Gasteiger partial charge in [0.25, 0.3) is 0 Å². The molecule has 0 saturated carbocycles. The number of para-hydroxylation sites is 1. The Morgan fingerprint density at radius 3 is 2.31 bits per heavy atom. The zero-order valence-electron chi connectivity index (χ0n) is 19.6. The van der Waals surface area contributed by atoms with E-state index in [0.717, 1.165) is 39.4 Å². The summed E-state index contributed by atoms with van der Waals surface area (Å²) in [5.41, 5.74) is 5.37. The van der Waals surface area contributed by atoms with Gasteiger partial charge >= 0.3 is 0 Å². The fourth-order valence-corrected chi connectivity index (χ4v) is 4.54. The van der Waals surface area contributed by atoms with Crippen LogP contribution in [0, 0.1) is 0 Å². The van der Waals surface area contributed by atoms with Crippen molar-refractivity contribution < 1.29 is 4.74 Å². The van der Waals surface area contributed by atoms with Crippen LogP contribution in [0.15, 0.2) is 109 Å². The van der Waals surface area contributed by atoms with Gasteiger partial charge in [-0.15, -0.1) is 0 Å². The van der Waals surface area contributed by atoms with Gasteiger partial charge < -0.3 is 9.64 Å². The van der Waals surface area contributed by atoms with Crippen LogP contribution in [0.25, 0.3) is 38.8 Å². The van der Waals surface area contributed by atoms with Crippen molar-refractivity contribution in [2.24, 2.45) is 0 Å². The van der Waals surface area contributed by atoms with Crippen LogP contribution in [-0.2, 0) is 0 Å². The molecule has 6 aromatic rings. The smallest absolute Gasteiger partial charge is 0.243 e. The fraction of sp³-hybridized carbons (Fsp3) is 0.0667. The molecular formula is C30H24N4O. The van der Waals surface area contributed by atoms with E-state index in [0.29, 0.717) is 5.88 Å². The number of benzene rings is 3. The Labute approximate surface area is 203 Å². The maximum atomic E-state index is 6.19. The van der Waals surface area contributed by atoms with Crippen LogP contribution in [0.4, 0.5) is 5.69 Å². The molecule has 3 aromatic carbocycles. The van der Waals surface area contributed by atoms with Crippen molar-refractivity contribution in [2.45, 2.75) is 0 Å². The van der Waals surface area contributed by atoms with Gasteiger partial charge in [-0.05, 0) is 59.7 Å². The number of hydrogen-bond donors (Lipinski definition) is 0. The van der Waals surface area contributed by atoms with Gasteiger partial charge in [-0.1, -0.05) is 48.5 Å². The molecule has 0 radical (unpaired) electrons. The molecule has 0 aliphatic heterocycles. The molecule has 0 fully saturated rings. The molecule has 0 atom stereocenters. The van der Waals surface area contributed by atoms with E-state index in [1.807, 2.05) is 67.7 Å². The Bertz CT molecular complexity index is 1650. The predicted octanol–water partition coefficient (Wildman–Crippen LogP) is 7.10. The molecule has 6 rings (SSSR count). The number of hydrogen-bond acceptors (Lipinski definition) is 4. The summed E-state index contributed by atoms with van der Waals surface area (Å²) in [6.07, 6.45) is 3.58. The highest BCUT2D eigenvalue weighted by Crippen LogP contribution is 2.36. The minimum absolute atomic E-state index is 0.584. The monoisotopic (exact) mass is 456 g/mol. The van der Waals surface area contributed by atoms with Gasteiger partial charge in [0.2, 0.25) is 5.88 Å². The highest BCUT2D eigenvalue weighted by molar-refractivity contribution is 6.10. The summed E-state index contributed by atoms with van der Waals surface area (Å²) in [5.74, 6) is 2.23. The molecule has 0 spiro atoms. The van der Waals surface area contributed by atoms with Gasteiger partial charge in [-0.2, -0.15) is 0 Å². The van der Waals surface area contributed by atoms with E-state index < -0.39 is 0 Å². The molecular weight excluding hydrogens is 432 g/mol. The predicted molar refractivity (Wildman–Crippen MR) is 143 cm³/mol. The molecule has 0 aliphatic carbocycles. The lowest BCUT2D eigenvalue weighted by Gasteiger charge is -2.16. The Balaban J connectivity index is 1.46. The highest BCUT2D eigenvalue weighted by Gasteiger charge is 2.14. The van der Waals surface area contributed by atoms with Gasteiger partial charge in [0.15, 0.2) is 0 Å². The molecule has 0 unspecified atom stereocenters. The van der Waals surface area contributed by atoms with Crippen molar-refractivity contribution >= 4 is 27.5 Å². The normalized spacial score (nSPS) is 11.1. The lowest BCUT2D eigenvalue weighted by atomic mass is 10.0. The molecule has 5 heteroatoms. The summed E-state index contributed by atoms with van der Waals surface area (Å²) < 4.78 is 8.42. The maximum absolute atomic E-state index is 6.19. The Morgan fingerprint density at radius 2 is 1.46 bits per heavy atom. The van der Waals surface area contributed by atoms with Crippen LogP contribution in [0.3, 0.4) is 0 Å². The van der Waals surface area contributed by atoms with Gasteiger partial charge in [-0.3, -0.25) is 4.57 Å². The second kappa shape index (κ2) is 8.61. The van der Waals surface area contributed by atoms with Crippen LogP contribution in [0.1, 0.15) is 0 Å². The van der Waals surface area contributed by atoms with E-state index in [2.05, 4.69) is 69.1 Å². The topological polar surface area (TPSA) is 43.2 Å². The van der Waals surface area contributed by atoms with E-state index >= 15 is 0 Å². The first-order valence-electron chi connectivity index (χ1n) is 11.5. The first-order valence-corrected chi connectivity index (χ1v) is 11.5. The van der Waals surface area contributed by atoms with E-state index in [9.17, 15) is 0 Å². The minimum atomic E-state index is 0.584. The van der Waals surface area contributed by atoms with E-state index in [4.69, 9.17) is 4.74 Å². The number of fused-ring (bicyclic) bond motifs is 3. The minimum Gasteiger partial charge on any atom is -0.437 e. The van der Waals surface area contributed by atoms with Gasteiger partial charge in [0, 0.05) is 37.3 Å². The van der Waals surface area contributed by atoms with Crippen LogP contribution in [0.2, 0.25) is 0 Å². The molecule has 170 valence electrons. The lowest BCUT2D eigenvalue weighted by molar-refractivity contribution is 0.463. The number of rotatable bonds is 5. The molecule has 0 amide bonds. The van der Waals surface area contributed by atoms with Crippen LogP contribution in [-0.4, -0.2) is 28.6 Å². The average molecular weight is 457 g/mol. The fourth-order valence-electron chi connectivity index (χ4n) is 4.54. The van der Waals surface area contributed by atoms with Crippen LogP contribution in [0.5, 0.6) is 11.6 Å². The van der Waals surface area contributed by atoms with Crippen molar-refractivity contribution in [3.8, 4) is 28.6 Å². The van der Waals surface area contributed by atoms with Crippen molar-refractivity contribution in [1.29, 1.82) is 0 Å². The second-order valence-electron chi connectivity index (χ2n) is 8.62. The molecule has 35 heavy (non-hydrogen) atoms. The summed E-state index contributed by atoms with van der Waals surface area (Å²) in [6, 6.07) is 33.1. The maximum Gasteiger partial charge on any atom is 0.243 e. The number of aromatic nitrogens is 3. The summed E-state index contributed by atoms with van der Waals surface area (Å²) in [4.78, 5) is 11.1. The summed E-state index contributed by atoms with van der Waals surface area (Å²) in [5, 5.41) is 2.41. The number of ether oxygens (including phenoxy) is 1. The van der Waals surface area contributed by atoms with Crippen LogP contribution >= 0.6 is 0 Å². The van der Waals surface area contributed by atoms with Gasteiger partial charge in [-0.25, -0.2) is 9.97 Å². The van der Waals surface area contributed by atoms with E-state index in [1.165, 1.54) is 10.8 Å². The first-order chi connectivity index (χ1) is 17.2.